The molecule has 0 bridgehead atoms. The summed E-state index contributed by atoms with van der Waals surface area (Å²) in [5, 5.41) is 2.80. The van der Waals surface area contributed by atoms with Crippen molar-refractivity contribution in [2.75, 3.05) is 36.5 Å². The van der Waals surface area contributed by atoms with E-state index in [2.05, 4.69) is 20.2 Å². The number of rotatable bonds is 3. The Bertz CT molecular complexity index is 595. The van der Waals surface area contributed by atoms with Crippen LogP contribution in [0.2, 0.25) is 0 Å². The molecule has 1 aliphatic heterocycles. The lowest BCUT2D eigenvalue weighted by Gasteiger charge is -2.27. The number of morpholine rings is 1. The minimum absolute atomic E-state index is 0.178. The van der Waals surface area contributed by atoms with Gasteiger partial charge in [-0.3, -0.25) is 9.78 Å². The average Bonchev–Trinajstić information content (AvgIpc) is 2.57. The Morgan fingerprint density at radius 2 is 1.90 bits per heavy atom. The number of amides is 1. The topological polar surface area (TPSA) is 67.4 Å². The normalized spacial score (nSPS) is 14.8. The monoisotopic (exact) mass is 284 g/mol. The van der Waals surface area contributed by atoms with Gasteiger partial charge in [-0.05, 0) is 24.3 Å². The fraction of sp³-hybridized carbons (Fsp3) is 0.267. The van der Waals surface area contributed by atoms with E-state index in [1.165, 1.54) is 0 Å². The van der Waals surface area contributed by atoms with Crippen molar-refractivity contribution < 1.29 is 9.53 Å². The number of nitrogens with one attached hydrogen (secondary N) is 1. The van der Waals surface area contributed by atoms with Crippen molar-refractivity contribution in [3.05, 3.63) is 48.4 Å². The molecular formula is C15H16N4O2. The van der Waals surface area contributed by atoms with E-state index in [0.29, 0.717) is 24.5 Å². The highest BCUT2D eigenvalue weighted by Crippen LogP contribution is 2.14. The van der Waals surface area contributed by atoms with Gasteiger partial charge in [-0.15, -0.1) is 0 Å². The maximum Gasteiger partial charge on any atom is 0.257 e. The Morgan fingerprint density at radius 3 is 2.57 bits per heavy atom. The molecule has 0 spiro atoms. The maximum atomic E-state index is 12.1. The van der Waals surface area contributed by atoms with Gasteiger partial charge >= 0.3 is 0 Å². The predicted octanol–water partition coefficient (Wildman–Crippen LogP) is 1.57. The molecule has 1 N–H and O–H groups in total. The summed E-state index contributed by atoms with van der Waals surface area (Å²) in [5.41, 5.74) is 1.25. The van der Waals surface area contributed by atoms with E-state index in [0.717, 1.165) is 18.9 Å². The number of carbonyl (C=O) groups excluding carboxylic acids is 1. The van der Waals surface area contributed by atoms with E-state index in [1.807, 2.05) is 6.07 Å². The van der Waals surface area contributed by atoms with Crippen LogP contribution in [0.3, 0.4) is 0 Å². The first-order valence-corrected chi connectivity index (χ1v) is 6.83. The lowest BCUT2D eigenvalue weighted by Crippen LogP contribution is -2.36. The van der Waals surface area contributed by atoms with Gasteiger partial charge in [0, 0.05) is 37.4 Å². The number of pyridine rings is 2. The van der Waals surface area contributed by atoms with Crippen molar-refractivity contribution in [2.45, 2.75) is 0 Å². The van der Waals surface area contributed by atoms with Crippen LogP contribution in [-0.2, 0) is 4.74 Å². The van der Waals surface area contributed by atoms with Crippen LogP contribution in [0.5, 0.6) is 0 Å². The second-order valence-electron chi connectivity index (χ2n) is 4.69. The second-order valence-corrected chi connectivity index (χ2v) is 4.69. The van der Waals surface area contributed by atoms with Crippen LogP contribution < -0.4 is 10.2 Å². The third kappa shape index (κ3) is 3.35. The summed E-state index contributed by atoms with van der Waals surface area (Å²) in [7, 11) is 0. The van der Waals surface area contributed by atoms with Crippen molar-refractivity contribution in [3.8, 4) is 0 Å². The van der Waals surface area contributed by atoms with E-state index in [4.69, 9.17) is 4.74 Å². The molecule has 3 rings (SSSR count). The number of hydrogen-bond acceptors (Lipinski definition) is 5. The average molecular weight is 284 g/mol. The van der Waals surface area contributed by atoms with Gasteiger partial charge in [0.15, 0.2) is 0 Å². The zero-order valence-electron chi connectivity index (χ0n) is 11.5. The zero-order chi connectivity index (χ0) is 14.5. The molecule has 108 valence electrons. The Morgan fingerprint density at radius 1 is 1.14 bits per heavy atom. The van der Waals surface area contributed by atoms with Crippen LogP contribution in [0, 0.1) is 0 Å². The molecule has 3 heterocycles. The summed E-state index contributed by atoms with van der Waals surface area (Å²) in [4.78, 5) is 22.5. The fourth-order valence-electron chi connectivity index (χ4n) is 2.14. The number of carbonyl (C=O) groups is 1. The third-order valence-electron chi connectivity index (χ3n) is 3.28. The zero-order valence-corrected chi connectivity index (χ0v) is 11.5. The third-order valence-corrected chi connectivity index (χ3v) is 3.28. The first kappa shape index (κ1) is 13.5. The molecule has 0 saturated carbocycles. The molecule has 6 nitrogen and oxygen atoms in total. The first-order chi connectivity index (χ1) is 10.3. The molecule has 2 aromatic rings. The largest absolute Gasteiger partial charge is 0.378 e. The van der Waals surface area contributed by atoms with Gasteiger partial charge in [0.25, 0.3) is 5.91 Å². The molecule has 0 aliphatic carbocycles. The SMILES string of the molecule is O=C(Nc1ccncc1)c1ccc(N2CCOCC2)nc1. The lowest BCUT2D eigenvalue weighted by molar-refractivity contribution is 0.102. The minimum Gasteiger partial charge on any atom is -0.378 e. The highest BCUT2D eigenvalue weighted by atomic mass is 16.5. The molecule has 21 heavy (non-hydrogen) atoms. The quantitative estimate of drug-likeness (QED) is 0.926. The Hall–Kier alpha value is -2.47. The molecule has 1 amide bonds. The maximum absolute atomic E-state index is 12.1. The molecule has 6 heteroatoms. The van der Waals surface area contributed by atoms with Crippen LogP contribution >= 0.6 is 0 Å². The highest BCUT2D eigenvalue weighted by Gasteiger charge is 2.13. The van der Waals surface area contributed by atoms with Gasteiger partial charge in [-0.1, -0.05) is 0 Å². The molecule has 0 atom stereocenters. The number of hydrogen-bond donors (Lipinski definition) is 1. The lowest BCUT2D eigenvalue weighted by atomic mass is 10.2. The van der Waals surface area contributed by atoms with Gasteiger partial charge in [0.1, 0.15) is 5.82 Å². The summed E-state index contributed by atoms with van der Waals surface area (Å²) in [5.74, 6) is 0.695. The van der Waals surface area contributed by atoms with Gasteiger partial charge < -0.3 is 15.0 Å². The predicted molar refractivity (Wildman–Crippen MR) is 79.5 cm³/mol. The van der Waals surface area contributed by atoms with Crippen LogP contribution in [0.4, 0.5) is 11.5 Å². The smallest absolute Gasteiger partial charge is 0.257 e. The summed E-state index contributed by atoms with van der Waals surface area (Å²) >= 11 is 0. The molecule has 2 aromatic heterocycles. The summed E-state index contributed by atoms with van der Waals surface area (Å²) in [6, 6.07) is 7.14. The van der Waals surface area contributed by atoms with E-state index < -0.39 is 0 Å². The molecular weight excluding hydrogens is 268 g/mol. The number of aromatic nitrogens is 2. The molecule has 0 unspecified atom stereocenters. The van der Waals surface area contributed by atoms with Gasteiger partial charge in [-0.25, -0.2) is 4.98 Å². The van der Waals surface area contributed by atoms with E-state index in [-0.39, 0.29) is 5.91 Å². The first-order valence-electron chi connectivity index (χ1n) is 6.83. The Balaban J connectivity index is 1.67. The fourth-order valence-corrected chi connectivity index (χ4v) is 2.14. The van der Waals surface area contributed by atoms with Gasteiger partial charge in [0.2, 0.25) is 0 Å². The molecule has 0 aromatic carbocycles. The van der Waals surface area contributed by atoms with Crippen LogP contribution in [0.15, 0.2) is 42.9 Å². The number of anilines is 2. The van der Waals surface area contributed by atoms with E-state index in [1.54, 1.807) is 36.8 Å². The van der Waals surface area contributed by atoms with Crippen LogP contribution in [-0.4, -0.2) is 42.2 Å². The number of ether oxygens (including phenoxy) is 1. The van der Waals surface area contributed by atoms with E-state index in [9.17, 15) is 4.79 Å². The van der Waals surface area contributed by atoms with E-state index >= 15 is 0 Å². The van der Waals surface area contributed by atoms with Crippen molar-refractivity contribution in [1.82, 2.24) is 9.97 Å². The standard InChI is InChI=1S/C15H16N4O2/c20-15(18-13-3-5-16-6-4-13)12-1-2-14(17-11-12)19-7-9-21-10-8-19/h1-6,11H,7-10H2,(H,16,18,20). The molecule has 1 saturated heterocycles. The minimum atomic E-state index is -0.178. The Labute approximate surface area is 122 Å². The molecule has 0 radical (unpaired) electrons. The summed E-state index contributed by atoms with van der Waals surface area (Å²) in [6.45, 7) is 3.09. The molecule has 1 fully saturated rings. The van der Waals surface area contributed by atoms with Crippen LogP contribution in [0.1, 0.15) is 10.4 Å². The summed E-state index contributed by atoms with van der Waals surface area (Å²) < 4.78 is 5.31. The second kappa shape index (κ2) is 6.32. The van der Waals surface area contributed by atoms with Crippen molar-refractivity contribution >= 4 is 17.4 Å². The number of nitrogens with zero attached hydrogens (tertiary/aromatic N) is 3. The van der Waals surface area contributed by atoms with Crippen molar-refractivity contribution in [2.24, 2.45) is 0 Å². The van der Waals surface area contributed by atoms with Crippen molar-refractivity contribution in [3.63, 3.8) is 0 Å². The van der Waals surface area contributed by atoms with Crippen LogP contribution in [0.25, 0.3) is 0 Å². The van der Waals surface area contributed by atoms with Gasteiger partial charge in [-0.2, -0.15) is 0 Å². The molecule has 1 aliphatic rings. The van der Waals surface area contributed by atoms with Crippen molar-refractivity contribution in [1.29, 1.82) is 0 Å². The Kier molecular flexibility index (Phi) is 4.07. The van der Waals surface area contributed by atoms with Gasteiger partial charge in [0.05, 0.1) is 18.8 Å². The highest BCUT2D eigenvalue weighted by molar-refractivity contribution is 6.04. The summed E-state index contributed by atoms with van der Waals surface area (Å²) in [6.07, 6.45) is 4.87.